The molecule has 2 aromatic heterocycles. The summed E-state index contributed by atoms with van der Waals surface area (Å²) in [7, 11) is 0. The number of hydrogen-bond donors (Lipinski definition) is 0. The summed E-state index contributed by atoms with van der Waals surface area (Å²) in [6.07, 6.45) is 6.33. The van der Waals surface area contributed by atoms with E-state index in [-0.39, 0.29) is 5.91 Å². The average molecular weight is 437 g/mol. The van der Waals surface area contributed by atoms with Gasteiger partial charge in [-0.3, -0.25) is 9.69 Å². The molecule has 2 heterocycles. The van der Waals surface area contributed by atoms with Crippen molar-refractivity contribution in [1.29, 1.82) is 0 Å². The number of carbonyl (C=O) groups is 1. The van der Waals surface area contributed by atoms with Crippen LogP contribution in [0.4, 0.5) is 5.13 Å². The first kappa shape index (κ1) is 20.6. The van der Waals surface area contributed by atoms with Gasteiger partial charge in [-0.05, 0) is 42.8 Å². The average Bonchev–Trinajstić information content (AvgIpc) is 3.40. The number of amides is 1. The number of para-hydroxylation sites is 1. The Morgan fingerprint density at radius 2 is 1.97 bits per heavy atom. The van der Waals surface area contributed by atoms with E-state index >= 15 is 0 Å². The number of hydrogen-bond acceptors (Lipinski definition) is 5. The number of thioether (sulfide) groups is 1. The monoisotopic (exact) mass is 436 g/mol. The highest BCUT2D eigenvalue weighted by molar-refractivity contribution is 7.99. The second-order valence-corrected chi connectivity index (χ2v) is 9.93. The number of rotatable bonds is 8. The largest absolute Gasteiger partial charge is 0.337 e. The summed E-state index contributed by atoms with van der Waals surface area (Å²) in [5, 5.41) is 1.25. The zero-order valence-electron chi connectivity index (χ0n) is 17.1. The highest BCUT2D eigenvalue weighted by Gasteiger charge is 2.21. The number of nitrogens with zero attached hydrogens (tertiary/aromatic N) is 4. The number of carbonyl (C=O) groups excluding carboxylic acids is 1. The van der Waals surface area contributed by atoms with Crippen LogP contribution in [0.3, 0.4) is 0 Å². The number of aryl methyl sites for hydroxylation is 1. The van der Waals surface area contributed by atoms with Crippen molar-refractivity contribution >= 4 is 44.4 Å². The van der Waals surface area contributed by atoms with Gasteiger partial charge in [0.15, 0.2) is 5.13 Å². The Kier molecular flexibility index (Phi) is 6.50. The predicted molar refractivity (Wildman–Crippen MR) is 126 cm³/mol. The van der Waals surface area contributed by atoms with Crippen LogP contribution in [-0.2, 0) is 6.54 Å². The maximum atomic E-state index is 13.4. The lowest BCUT2D eigenvalue weighted by Crippen LogP contribution is -2.32. The second kappa shape index (κ2) is 9.45. The fourth-order valence-corrected chi connectivity index (χ4v) is 5.02. The molecular formula is C23H24N4OS2. The molecule has 0 aliphatic carbocycles. The van der Waals surface area contributed by atoms with Crippen LogP contribution in [0.25, 0.3) is 10.2 Å². The lowest BCUT2D eigenvalue weighted by molar-refractivity contribution is 0.0986. The Morgan fingerprint density at radius 1 is 1.17 bits per heavy atom. The van der Waals surface area contributed by atoms with Gasteiger partial charge in [-0.2, -0.15) is 0 Å². The fraction of sp³-hybridized carbons (Fsp3) is 0.261. The minimum Gasteiger partial charge on any atom is -0.337 e. The quantitative estimate of drug-likeness (QED) is 0.331. The molecule has 4 rings (SSSR count). The van der Waals surface area contributed by atoms with E-state index in [1.807, 2.05) is 64.2 Å². The highest BCUT2D eigenvalue weighted by atomic mass is 32.2. The van der Waals surface area contributed by atoms with Gasteiger partial charge in [0.2, 0.25) is 0 Å². The van der Waals surface area contributed by atoms with Crippen LogP contribution >= 0.6 is 23.1 Å². The van der Waals surface area contributed by atoms with Gasteiger partial charge in [0.05, 0.1) is 16.5 Å². The third-order valence-electron chi connectivity index (χ3n) is 4.59. The summed E-state index contributed by atoms with van der Waals surface area (Å²) in [6.45, 7) is 5.73. The second-order valence-electron chi connectivity index (χ2n) is 7.27. The molecular weight excluding hydrogens is 412 g/mol. The van der Waals surface area contributed by atoms with Crippen LogP contribution in [0, 0.1) is 0 Å². The van der Waals surface area contributed by atoms with Crippen LogP contribution in [0.5, 0.6) is 0 Å². The first-order valence-electron chi connectivity index (χ1n) is 10.00. The summed E-state index contributed by atoms with van der Waals surface area (Å²) < 4.78 is 3.11. The normalized spacial score (nSPS) is 11.3. The molecule has 5 nitrogen and oxygen atoms in total. The molecule has 0 N–H and O–H groups in total. The van der Waals surface area contributed by atoms with Gasteiger partial charge in [0.1, 0.15) is 0 Å². The molecule has 154 valence electrons. The molecule has 0 unspecified atom stereocenters. The molecule has 0 radical (unpaired) electrons. The fourth-order valence-electron chi connectivity index (χ4n) is 3.19. The van der Waals surface area contributed by atoms with Gasteiger partial charge < -0.3 is 4.57 Å². The zero-order valence-corrected chi connectivity index (χ0v) is 18.7. The molecule has 0 saturated heterocycles. The van der Waals surface area contributed by atoms with Crippen molar-refractivity contribution in [1.82, 2.24) is 14.5 Å². The third kappa shape index (κ3) is 4.91. The van der Waals surface area contributed by atoms with Gasteiger partial charge in [-0.15, -0.1) is 11.8 Å². The van der Waals surface area contributed by atoms with Crippen molar-refractivity contribution in [2.45, 2.75) is 37.0 Å². The molecule has 0 atom stereocenters. The molecule has 0 aliphatic heterocycles. The van der Waals surface area contributed by atoms with Crippen LogP contribution in [0.2, 0.25) is 0 Å². The van der Waals surface area contributed by atoms with Crippen LogP contribution in [0.15, 0.2) is 72.1 Å². The first-order chi connectivity index (χ1) is 14.6. The number of aromatic nitrogens is 3. The number of fused-ring (bicyclic) bond motifs is 1. The maximum Gasteiger partial charge on any atom is 0.260 e. The molecule has 1 amide bonds. The third-order valence-corrected chi connectivity index (χ3v) is 6.66. The van der Waals surface area contributed by atoms with Gasteiger partial charge in [0.25, 0.3) is 5.91 Å². The number of thiazole rings is 1. The standard InChI is InChI=1S/C23H24N4OS2/c1-17(2)29-19-10-8-18(9-11-19)22(28)27(14-5-13-26-15-12-24-16-26)23-25-20-6-3-4-7-21(20)30-23/h3-4,6-12,15-17H,5,13-14H2,1-2H3. The minimum atomic E-state index is -0.0132. The van der Waals surface area contributed by atoms with E-state index in [1.54, 1.807) is 35.6 Å². The summed E-state index contributed by atoms with van der Waals surface area (Å²) in [5.41, 5.74) is 1.61. The lowest BCUT2D eigenvalue weighted by Gasteiger charge is -2.20. The van der Waals surface area contributed by atoms with Crippen LogP contribution < -0.4 is 4.90 Å². The lowest BCUT2D eigenvalue weighted by atomic mass is 10.2. The molecule has 4 aromatic rings. The van der Waals surface area contributed by atoms with Crippen LogP contribution in [-0.4, -0.2) is 32.2 Å². The van der Waals surface area contributed by atoms with Crippen molar-refractivity contribution in [2.75, 3.05) is 11.4 Å². The van der Waals surface area contributed by atoms with Crippen molar-refractivity contribution < 1.29 is 4.79 Å². The Labute approximate surface area is 184 Å². The summed E-state index contributed by atoms with van der Waals surface area (Å²) in [5.74, 6) is -0.0132. The number of imidazole rings is 1. The highest BCUT2D eigenvalue weighted by Crippen LogP contribution is 2.30. The Balaban J connectivity index is 1.57. The molecule has 0 aliphatic rings. The molecule has 0 spiro atoms. The van der Waals surface area contributed by atoms with Crippen molar-refractivity contribution in [3.8, 4) is 0 Å². The van der Waals surface area contributed by atoms with Gasteiger partial charge in [-0.25, -0.2) is 9.97 Å². The first-order valence-corrected chi connectivity index (χ1v) is 11.7. The number of benzene rings is 2. The van der Waals surface area contributed by atoms with Crippen molar-refractivity contribution in [3.63, 3.8) is 0 Å². The number of anilines is 1. The van der Waals surface area contributed by atoms with Gasteiger partial charge >= 0.3 is 0 Å². The van der Waals surface area contributed by atoms with E-state index in [1.165, 1.54) is 4.90 Å². The van der Waals surface area contributed by atoms with E-state index in [9.17, 15) is 4.79 Å². The predicted octanol–water partition coefficient (Wildman–Crippen LogP) is 5.73. The molecule has 30 heavy (non-hydrogen) atoms. The molecule has 0 fully saturated rings. The van der Waals surface area contributed by atoms with Gasteiger partial charge in [-0.1, -0.05) is 37.3 Å². The summed E-state index contributed by atoms with van der Waals surface area (Å²) in [4.78, 5) is 25.2. The minimum absolute atomic E-state index is 0.0132. The van der Waals surface area contributed by atoms with Gasteiger partial charge in [0, 0.05) is 41.2 Å². The summed E-state index contributed by atoms with van der Waals surface area (Å²) in [6, 6.07) is 15.9. The van der Waals surface area contributed by atoms with E-state index < -0.39 is 0 Å². The van der Waals surface area contributed by atoms with Crippen LogP contribution in [0.1, 0.15) is 30.6 Å². The Bertz CT molecular complexity index is 1070. The zero-order chi connectivity index (χ0) is 20.9. The van der Waals surface area contributed by atoms with E-state index in [0.29, 0.717) is 17.4 Å². The topological polar surface area (TPSA) is 51.0 Å². The van der Waals surface area contributed by atoms with Crippen molar-refractivity contribution in [3.05, 3.63) is 72.8 Å². The summed E-state index contributed by atoms with van der Waals surface area (Å²) >= 11 is 3.35. The molecule has 2 aromatic carbocycles. The maximum absolute atomic E-state index is 13.4. The Morgan fingerprint density at radius 3 is 2.67 bits per heavy atom. The van der Waals surface area contributed by atoms with E-state index in [2.05, 4.69) is 18.8 Å². The van der Waals surface area contributed by atoms with E-state index in [0.717, 1.165) is 28.3 Å². The SMILES string of the molecule is CC(C)Sc1ccc(C(=O)N(CCCn2ccnc2)c2nc3ccccc3s2)cc1. The molecule has 0 saturated carbocycles. The van der Waals surface area contributed by atoms with Crippen molar-refractivity contribution in [2.24, 2.45) is 0 Å². The van der Waals surface area contributed by atoms with E-state index in [4.69, 9.17) is 4.98 Å². The smallest absolute Gasteiger partial charge is 0.260 e. The Hall–Kier alpha value is -2.64. The molecule has 7 heteroatoms. The molecule has 0 bridgehead atoms.